The predicted molar refractivity (Wildman–Crippen MR) is 105 cm³/mol. The van der Waals surface area contributed by atoms with Gasteiger partial charge in [0, 0.05) is 5.56 Å². The molecule has 6 atom stereocenters. The highest BCUT2D eigenvalue weighted by atomic mass is 16.7. The van der Waals surface area contributed by atoms with Crippen molar-refractivity contribution in [2.75, 3.05) is 0 Å². The Bertz CT molecular complexity index is 1100. The van der Waals surface area contributed by atoms with Crippen molar-refractivity contribution in [2.45, 2.75) is 50.7 Å². The van der Waals surface area contributed by atoms with E-state index in [4.69, 9.17) is 9.47 Å². The lowest BCUT2D eigenvalue weighted by atomic mass is 10.00. The molecule has 9 heteroatoms. The Labute approximate surface area is 171 Å². The van der Waals surface area contributed by atoms with Crippen LogP contribution in [0.2, 0.25) is 0 Å². The molecule has 2 aromatic carbocycles. The van der Waals surface area contributed by atoms with Gasteiger partial charge in [-0.15, -0.1) is 0 Å². The number of aliphatic hydroxyl groups excluding tert-OH is 4. The quantitative estimate of drug-likeness (QED) is 0.362. The number of aromatic nitrogens is 2. The number of carbonyl (C=O) groups excluding carboxylic acids is 1. The molecule has 2 unspecified atom stereocenters. The van der Waals surface area contributed by atoms with Crippen molar-refractivity contribution in [1.29, 1.82) is 0 Å². The Morgan fingerprint density at radius 2 is 1.67 bits per heavy atom. The van der Waals surface area contributed by atoms with Crippen LogP contribution in [0.25, 0.3) is 22.1 Å². The van der Waals surface area contributed by atoms with Crippen molar-refractivity contribution in [3.8, 4) is 0 Å². The lowest BCUT2D eigenvalue weighted by molar-refractivity contribution is -0.276. The number of benzene rings is 2. The normalized spacial score (nSPS) is 27.9. The molecule has 2 heterocycles. The van der Waals surface area contributed by atoms with Gasteiger partial charge >= 0.3 is 5.97 Å². The second-order valence-electron chi connectivity index (χ2n) is 7.37. The molecule has 1 fully saturated rings. The third-order valence-corrected chi connectivity index (χ3v) is 5.24. The van der Waals surface area contributed by atoms with Gasteiger partial charge in [-0.05, 0) is 32.0 Å². The highest BCUT2D eigenvalue weighted by molar-refractivity contribution is 6.03. The number of hydrogen-bond donors (Lipinski definition) is 4. The van der Waals surface area contributed by atoms with Crippen molar-refractivity contribution in [3.63, 3.8) is 0 Å². The number of nitrogens with zero attached hydrogens (tertiary/aromatic N) is 2. The molecule has 3 aromatic rings. The monoisotopic (exact) mass is 414 g/mol. The average Bonchev–Trinajstić information content (AvgIpc) is 2.72. The topological polar surface area (TPSA) is 142 Å². The molecule has 158 valence electrons. The van der Waals surface area contributed by atoms with E-state index in [0.717, 1.165) is 0 Å². The molecule has 1 aliphatic heterocycles. The van der Waals surface area contributed by atoms with E-state index in [9.17, 15) is 25.2 Å². The van der Waals surface area contributed by atoms with Crippen molar-refractivity contribution in [2.24, 2.45) is 0 Å². The van der Waals surface area contributed by atoms with Gasteiger partial charge in [0.05, 0.1) is 34.3 Å². The Morgan fingerprint density at radius 3 is 2.37 bits per heavy atom. The van der Waals surface area contributed by atoms with Gasteiger partial charge in [0.25, 0.3) is 0 Å². The number of esters is 1. The summed E-state index contributed by atoms with van der Waals surface area (Å²) in [5.41, 5.74) is 2.40. The number of rotatable bonds is 3. The fourth-order valence-electron chi connectivity index (χ4n) is 3.58. The molecule has 0 spiro atoms. The van der Waals surface area contributed by atoms with Gasteiger partial charge in [0.2, 0.25) is 0 Å². The Kier molecular flexibility index (Phi) is 5.39. The van der Waals surface area contributed by atoms with E-state index in [1.807, 2.05) is 0 Å². The summed E-state index contributed by atoms with van der Waals surface area (Å²) in [5, 5.41) is 40.2. The molecule has 30 heavy (non-hydrogen) atoms. The zero-order chi connectivity index (χ0) is 21.6. The minimum atomic E-state index is -1.59. The molecule has 0 amide bonds. The molecule has 1 aromatic heterocycles. The van der Waals surface area contributed by atoms with Crippen LogP contribution in [0.1, 0.15) is 35.9 Å². The number of fused-ring (bicyclic) bond motifs is 2. The lowest BCUT2D eigenvalue weighted by Gasteiger charge is -2.38. The van der Waals surface area contributed by atoms with Gasteiger partial charge in [-0.2, -0.15) is 0 Å². The summed E-state index contributed by atoms with van der Waals surface area (Å²) in [7, 11) is 0. The third-order valence-electron chi connectivity index (χ3n) is 5.24. The lowest BCUT2D eigenvalue weighted by Crippen LogP contribution is -2.58. The second kappa shape index (κ2) is 7.86. The molecule has 0 saturated carbocycles. The first-order valence-electron chi connectivity index (χ1n) is 9.56. The molecule has 4 rings (SSSR count). The van der Waals surface area contributed by atoms with Crippen molar-refractivity contribution >= 4 is 28.0 Å². The highest BCUT2D eigenvalue weighted by Gasteiger charge is 2.44. The molecule has 0 aliphatic carbocycles. The van der Waals surface area contributed by atoms with E-state index in [0.29, 0.717) is 22.1 Å². The average molecular weight is 414 g/mol. The van der Waals surface area contributed by atoms with Crippen LogP contribution in [-0.2, 0) is 9.47 Å². The van der Waals surface area contributed by atoms with E-state index < -0.39 is 42.8 Å². The molecule has 0 radical (unpaired) electrons. The molecule has 4 N–H and O–H groups in total. The van der Waals surface area contributed by atoms with Crippen LogP contribution in [0.4, 0.5) is 0 Å². The maximum Gasteiger partial charge on any atom is 0.340 e. The van der Waals surface area contributed by atoms with Crippen LogP contribution in [0.5, 0.6) is 0 Å². The van der Waals surface area contributed by atoms with Crippen molar-refractivity contribution < 1.29 is 34.7 Å². The maximum absolute atomic E-state index is 12.8. The summed E-state index contributed by atoms with van der Waals surface area (Å²) < 4.78 is 10.4. The largest absolute Gasteiger partial charge is 0.450 e. The van der Waals surface area contributed by atoms with Gasteiger partial charge in [-0.1, -0.05) is 18.2 Å². The Hall–Kier alpha value is -2.69. The maximum atomic E-state index is 12.8. The predicted octanol–water partition coefficient (Wildman–Crippen LogP) is 0.821. The van der Waals surface area contributed by atoms with E-state index in [1.54, 1.807) is 37.3 Å². The number of carbonyl (C=O) groups is 1. The highest BCUT2D eigenvalue weighted by Crippen LogP contribution is 2.27. The third kappa shape index (κ3) is 3.51. The standard InChI is InChI=1S/C21H22N2O7/c1-9(24)11-5-3-7-13-15(11)22-14-8-4-6-12(16(14)23-13)20(27)30-19-18(26)17(25)10(2)29-21(19)28/h3-10,17-19,21,24-26,28H,1-2H3/t9?,10-,17-,18+,19-,21?/m0/s1. The molecule has 9 nitrogen and oxygen atoms in total. The van der Waals surface area contributed by atoms with Crippen LogP contribution in [0.15, 0.2) is 36.4 Å². The second-order valence-corrected chi connectivity index (χ2v) is 7.37. The zero-order valence-electron chi connectivity index (χ0n) is 16.3. The van der Waals surface area contributed by atoms with Gasteiger partial charge in [0.1, 0.15) is 17.7 Å². The van der Waals surface area contributed by atoms with Gasteiger partial charge in [-0.25, -0.2) is 14.8 Å². The van der Waals surface area contributed by atoms with E-state index in [-0.39, 0.29) is 11.1 Å². The van der Waals surface area contributed by atoms with Gasteiger partial charge in [-0.3, -0.25) is 0 Å². The van der Waals surface area contributed by atoms with Crippen LogP contribution in [0, 0.1) is 0 Å². The molecule has 1 aliphatic rings. The summed E-state index contributed by atoms with van der Waals surface area (Å²) in [5.74, 6) is -0.852. The molecular weight excluding hydrogens is 392 g/mol. The number of hydrogen-bond acceptors (Lipinski definition) is 9. The van der Waals surface area contributed by atoms with Crippen LogP contribution >= 0.6 is 0 Å². The molecule has 1 saturated heterocycles. The van der Waals surface area contributed by atoms with Crippen molar-refractivity contribution in [1.82, 2.24) is 9.97 Å². The summed E-state index contributed by atoms with van der Waals surface area (Å²) >= 11 is 0. The number of ether oxygens (including phenoxy) is 2. The summed E-state index contributed by atoms with van der Waals surface area (Å²) in [6.45, 7) is 3.12. The summed E-state index contributed by atoms with van der Waals surface area (Å²) in [6, 6.07) is 9.98. The summed E-state index contributed by atoms with van der Waals surface area (Å²) in [4.78, 5) is 21.9. The van der Waals surface area contributed by atoms with Crippen LogP contribution in [0.3, 0.4) is 0 Å². The minimum Gasteiger partial charge on any atom is -0.450 e. The Morgan fingerprint density at radius 1 is 1.03 bits per heavy atom. The van der Waals surface area contributed by atoms with Crippen LogP contribution in [-0.4, -0.2) is 67.1 Å². The zero-order valence-corrected chi connectivity index (χ0v) is 16.3. The Balaban J connectivity index is 1.73. The minimum absolute atomic E-state index is 0.0804. The first-order valence-corrected chi connectivity index (χ1v) is 9.56. The van der Waals surface area contributed by atoms with E-state index in [1.165, 1.54) is 13.0 Å². The van der Waals surface area contributed by atoms with Gasteiger partial charge < -0.3 is 29.9 Å². The summed E-state index contributed by atoms with van der Waals surface area (Å²) in [6.07, 6.45) is -7.43. The fourth-order valence-corrected chi connectivity index (χ4v) is 3.58. The molecule has 0 bridgehead atoms. The van der Waals surface area contributed by atoms with E-state index in [2.05, 4.69) is 9.97 Å². The number of aliphatic hydroxyl groups is 4. The van der Waals surface area contributed by atoms with E-state index >= 15 is 0 Å². The first-order chi connectivity index (χ1) is 14.3. The smallest absolute Gasteiger partial charge is 0.340 e. The number of para-hydroxylation sites is 2. The fraction of sp³-hybridized carbons (Fsp3) is 0.381. The molecular formula is C21H22N2O7. The van der Waals surface area contributed by atoms with Crippen LogP contribution < -0.4 is 0 Å². The van der Waals surface area contributed by atoms with Crippen molar-refractivity contribution in [3.05, 3.63) is 47.5 Å². The first kappa shape index (κ1) is 20.6. The SMILES string of the molecule is CC(O)c1cccc2nc3c(C(=O)O[C@@H]4C(O)O[C@@H](C)[C@H](O)[C@H]4O)cccc3nc12. The van der Waals surface area contributed by atoms with Gasteiger partial charge in [0.15, 0.2) is 12.4 Å².